The summed E-state index contributed by atoms with van der Waals surface area (Å²) in [5.41, 5.74) is 5.61. The van der Waals surface area contributed by atoms with Crippen molar-refractivity contribution in [1.29, 1.82) is 0 Å². The van der Waals surface area contributed by atoms with Crippen LogP contribution >= 0.6 is 0 Å². The zero-order valence-electron chi connectivity index (χ0n) is 9.43. The van der Waals surface area contributed by atoms with E-state index in [-0.39, 0.29) is 11.4 Å². The van der Waals surface area contributed by atoms with Crippen LogP contribution in [-0.2, 0) is 4.79 Å². The second-order valence-corrected chi connectivity index (χ2v) is 5.22. The van der Waals surface area contributed by atoms with Gasteiger partial charge in [0.2, 0.25) is 5.91 Å². The number of carbonyl (C=O) groups excluding carboxylic acids is 1. The normalized spacial score (nSPS) is 24.1. The minimum atomic E-state index is -0.00718. The fourth-order valence-corrected chi connectivity index (χ4v) is 2.52. The Hall–Kier alpha value is -0.570. The molecule has 0 radical (unpaired) electrons. The average molecular weight is 210 g/mol. The van der Waals surface area contributed by atoms with Gasteiger partial charge in [0.15, 0.2) is 0 Å². The minimum absolute atomic E-state index is 0.00718. The van der Waals surface area contributed by atoms with Gasteiger partial charge < -0.3 is 11.1 Å². The SMILES string of the molecule is NCC1(NC(=O)CCC2CCCC2)CC1. The summed E-state index contributed by atoms with van der Waals surface area (Å²) >= 11 is 0. The fraction of sp³-hybridized carbons (Fsp3) is 0.917. The van der Waals surface area contributed by atoms with E-state index >= 15 is 0 Å². The monoisotopic (exact) mass is 210 g/mol. The third kappa shape index (κ3) is 2.94. The number of nitrogens with two attached hydrogens (primary N) is 1. The van der Waals surface area contributed by atoms with Gasteiger partial charge in [-0.2, -0.15) is 0 Å². The van der Waals surface area contributed by atoms with E-state index in [1.165, 1.54) is 25.7 Å². The molecule has 0 aromatic carbocycles. The van der Waals surface area contributed by atoms with E-state index in [9.17, 15) is 4.79 Å². The number of hydrogen-bond acceptors (Lipinski definition) is 2. The molecule has 86 valence electrons. The van der Waals surface area contributed by atoms with Crippen LogP contribution < -0.4 is 11.1 Å². The second-order valence-electron chi connectivity index (χ2n) is 5.22. The first-order valence-electron chi connectivity index (χ1n) is 6.25. The number of hydrogen-bond donors (Lipinski definition) is 2. The molecular weight excluding hydrogens is 188 g/mol. The van der Waals surface area contributed by atoms with Gasteiger partial charge >= 0.3 is 0 Å². The number of amides is 1. The molecule has 2 rings (SSSR count). The fourth-order valence-electron chi connectivity index (χ4n) is 2.52. The third-order valence-electron chi connectivity index (χ3n) is 3.90. The van der Waals surface area contributed by atoms with Gasteiger partial charge in [0.05, 0.1) is 5.54 Å². The summed E-state index contributed by atoms with van der Waals surface area (Å²) in [5, 5.41) is 3.08. The highest BCUT2D eigenvalue weighted by Gasteiger charge is 2.42. The highest BCUT2D eigenvalue weighted by Crippen LogP contribution is 2.34. The molecule has 3 nitrogen and oxygen atoms in total. The Morgan fingerprint density at radius 3 is 2.53 bits per heavy atom. The largest absolute Gasteiger partial charge is 0.349 e. The quantitative estimate of drug-likeness (QED) is 0.723. The molecule has 0 spiro atoms. The Morgan fingerprint density at radius 1 is 1.33 bits per heavy atom. The topological polar surface area (TPSA) is 55.1 Å². The Balaban J connectivity index is 1.64. The van der Waals surface area contributed by atoms with Crippen molar-refractivity contribution in [1.82, 2.24) is 5.32 Å². The van der Waals surface area contributed by atoms with E-state index in [2.05, 4.69) is 5.32 Å². The lowest BCUT2D eigenvalue weighted by molar-refractivity contribution is -0.122. The Kier molecular flexibility index (Phi) is 3.29. The van der Waals surface area contributed by atoms with Gasteiger partial charge in [-0.1, -0.05) is 25.7 Å². The van der Waals surface area contributed by atoms with Crippen LogP contribution in [0.5, 0.6) is 0 Å². The van der Waals surface area contributed by atoms with Gasteiger partial charge in [0, 0.05) is 13.0 Å². The maximum absolute atomic E-state index is 11.6. The summed E-state index contributed by atoms with van der Waals surface area (Å²) in [5.74, 6) is 1.02. The number of nitrogens with one attached hydrogen (secondary N) is 1. The van der Waals surface area contributed by atoms with Gasteiger partial charge in [0.25, 0.3) is 0 Å². The second kappa shape index (κ2) is 4.52. The van der Waals surface area contributed by atoms with Crippen molar-refractivity contribution in [2.24, 2.45) is 11.7 Å². The van der Waals surface area contributed by atoms with Gasteiger partial charge in [-0.25, -0.2) is 0 Å². The van der Waals surface area contributed by atoms with Gasteiger partial charge in [-0.3, -0.25) is 4.79 Å². The maximum Gasteiger partial charge on any atom is 0.220 e. The molecule has 0 saturated heterocycles. The summed E-state index contributed by atoms with van der Waals surface area (Å²) in [4.78, 5) is 11.6. The zero-order valence-corrected chi connectivity index (χ0v) is 9.43. The standard InChI is InChI=1S/C12H22N2O/c13-9-12(7-8-12)14-11(15)6-5-10-3-1-2-4-10/h10H,1-9,13H2,(H,14,15). The maximum atomic E-state index is 11.6. The summed E-state index contributed by atoms with van der Waals surface area (Å²) < 4.78 is 0. The molecule has 15 heavy (non-hydrogen) atoms. The van der Waals surface area contributed by atoms with Crippen molar-refractivity contribution in [3.8, 4) is 0 Å². The van der Waals surface area contributed by atoms with E-state index in [0.29, 0.717) is 13.0 Å². The smallest absolute Gasteiger partial charge is 0.220 e. The Morgan fingerprint density at radius 2 is 2.00 bits per heavy atom. The molecule has 2 fully saturated rings. The Labute approximate surface area is 91.8 Å². The van der Waals surface area contributed by atoms with Crippen molar-refractivity contribution in [2.75, 3.05) is 6.54 Å². The third-order valence-corrected chi connectivity index (χ3v) is 3.90. The molecule has 3 N–H and O–H groups in total. The predicted molar refractivity (Wildman–Crippen MR) is 60.4 cm³/mol. The number of carbonyl (C=O) groups is 1. The van der Waals surface area contributed by atoms with Crippen LogP contribution in [-0.4, -0.2) is 18.0 Å². The predicted octanol–water partition coefficient (Wildman–Crippen LogP) is 1.56. The van der Waals surface area contributed by atoms with Crippen LogP contribution in [0.3, 0.4) is 0 Å². The lowest BCUT2D eigenvalue weighted by Gasteiger charge is -2.15. The van der Waals surface area contributed by atoms with Crippen molar-refractivity contribution in [3.05, 3.63) is 0 Å². The molecule has 0 aromatic heterocycles. The lowest BCUT2D eigenvalue weighted by atomic mass is 10.0. The van der Waals surface area contributed by atoms with Crippen molar-refractivity contribution < 1.29 is 4.79 Å². The lowest BCUT2D eigenvalue weighted by Crippen LogP contribution is -2.42. The molecular formula is C12H22N2O. The van der Waals surface area contributed by atoms with Crippen LogP contribution in [0.4, 0.5) is 0 Å². The Bertz CT molecular complexity index is 230. The van der Waals surface area contributed by atoms with Gasteiger partial charge in [-0.15, -0.1) is 0 Å². The summed E-state index contributed by atoms with van der Waals surface area (Å²) in [6, 6.07) is 0. The van der Waals surface area contributed by atoms with E-state index in [0.717, 1.165) is 25.2 Å². The average Bonchev–Trinajstić information content (AvgIpc) is 2.80. The van der Waals surface area contributed by atoms with Crippen molar-refractivity contribution >= 4 is 5.91 Å². The molecule has 0 unspecified atom stereocenters. The van der Waals surface area contributed by atoms with Crippen LogP contribution in [0, 0.1) is 5.92 Å². The highest BCUT2D eigenvalue weighted by molar-refractivity contribution is 5.77. The van der Waals surface area contributed by atoms with E-state index in [1.807, 2.05) is 0 Å². The molecule has 1 amide bonds. The molecule has 0 bridgehead atoms. The molecule has 0 aliphatic heterocycles. The van der Waals surface area contributed by atoms with Crippen molar-refractivity contribution in [3.63, 3.8) is 0 Å². The molecule has 0 aromatic rings. The summed E-state index contributed by atoms with van der Waals surface area (Å²) in [7, 11) is 0. The minimum Gasteiger partial charge on any atom is -0.349 e. The molecule has 0 heterocycles. The molecule has 2 aliphatic rings. The molecule has 0 atom stereocenters. The molecule has 2 aliphatic carbocycles. The summed E-state index contributed by atoms with van der Waals surface area (Å²) in [6.07, 6.45) is 9.29. The van der Waals surface area contributed by atoms with Gasteiger partial charge in [-0.05, 0) is 25.2 Å². The molecule has 2 saturated carbocycles. The van der Waals surface area contributed by atoms with Crippen molar-refractivity contribution in [2.45, 2.75) is 56.9 Å². The first-order valence-corrected chi connectivity index (χ1v) is 6.25. The van der Waals surface area contributed by atoms with E-state index in [1.54, 1.807) is 0 Å². The summed E-state index contributed by atoms with van der Waals surface area (Å²) in [6.45, 7) is 0.599. The highest BCUT2D eigenvalue weighted by atomic mass is 16.1. The first-order chi connectivity index (χ1) is 7.24. The van der Waals surface area contributed by atoms with Crippen LogP contribution in [0.2, 0.25) is 0 Å². The van der Waals surface area contributed by atoms with Crippen LogP contribution in [0.1, 0.15) is 51.4 Å². The van der Waals surface area contributed by atoms with Crippen LogP contribution in [0.15, 0.2) is 0 Å². The molecule has 3 heteroatoms. The van der Waals surface area contributed by atoms with Gasteiger partial charge in [0.1, 0.15) is 0 Å². The van der Waals surface area contributed by atoms with Crippen LogP contribution in [0.25, 0.3) is 0 Å². The number of rotatable bonds is 5. The first kappa shape index (κ1) is 10.9. The van der Waals surface area contributed by atoms with E-state index < -0.39 is 0 Å². The van der Waals surface area contributed by atoms with E-state index in [4.69, 9.17) is 5.73 Å². The zero-order chi connectivity index (χ0) is 10.7.